The first-order valence-electron chi connectivity index (χ1n) is 6.43. The highest BCUT2D eigenvalue weighted by Crippen LogP contribution is 2.34. The van der Waals surface area contributed by atoms with E-state index in [4.69, 9.17) is 11.6 Å². The van der Waals surface area contributed by atoms with Crippen molar-refractivity contribution in [1.29, 1.82) is 0 Å². The number of hydrogen-bond donors (Lipinski definition) is 1. The van der Waals surface area contributed by atoms with E-state index < -0.39 is 0 Å². The van der Waals surface area contributed by atoms with Crippen LogP contribution in [0, 0.1) is 12.7 Å². The second kappa shape index (κ2) is 7.03. The maximum absolute atomic E-state index is 13.3. The quantitative estimate of drug-likeness (QED) is 0.726. The van der Waals surface area contributed by atoms with Crippen LogP contribution in [0.3, 0.4) is 0 Å². The summed E-state index contributed by atoms with van der Waals surface area (Å²) in [7, 11) is 0. The third-order valence-corrected chi connectivity index (χ3v) is 5.55. The van der Waals surface area contributed by atoms with Crippen LogP contribution in [-0.4, -0.2) is 6.54 Å². The van der Waals surface area contributed by atoms with Gasteiger partial charge in [0.2, 0.25) is 0 Å². The first-order valence-corrected chi connectivity index (χ1v) is 8.48. The average molecular weight is 377 g/mol. The number of hydrogen-bond acceptors (Lipinski definition) is 2. The highest BCUT2D eigenvalue weighted by molar-refractivity contribution is 9.10. The molecule has 1 N–H and O–H groups in total. The summed E-state index contributed by atoms with van der Waals surface area (Å²) in [5.74, 6) is -0.237. The molecule has 0 aliphatic rings. The summed E-state index contributed by atoms with van der Waals surface area (Å²) in [4.78, 5) is 1.14. The van der Waals surface area contributed by atoms with Crippen LogP contribution in [0.25, 0.3) is 0 Å². The molecule has 0 bridgehead atoms. The van der Waals surface area contributed by atoms with Gasteiger partial charge in [-0.15, -0.1) is 11.3 Å². The lowest BCUT2D eigenvalue weighted by molar-refractivity contribution is 0.556. The molecule has 0 saturated heterocycles. The largest absolute Gasteiger partial charge is 0.309 e. The molecule has 1 heterocycles. The van der Waals surface area contributed by atoms with Gasteiger partial charge in [-0.1, -0.05) is 24.6 Å². The lowest BCUT2D eigenvalue weighted by Crippen LogP contribution is -2.22. The Morgan fingerprint density at radius 3 is 2.75 bits per heavy atom. The Balaban J connectivity index is 2.25. The maximum atomic E-state index is 13.3. The molecule has 2 rings (SSSR count). The second-order valence-corrected chi connectivity index (χ2v) is 6.80. The molecule has 0 amide bonds. The van der Waals surface area contributed by atoms with Crippen molar-refractivity contribution in [3.63, 3.8) is 0 Å². The van der Waals surface area contributed by atoms with Crippen LogP contribution in [0.4, 0.5) is 4.39 Å². The number of benzene rings is 1. The van der Waals surface area contributed by atoms with Gasteiger partial charge in [-0.3, -0.25) is 0 Å². The van der Waals surface area contributed by atoms with Crippen molar-refractivity contribution in [2.75, 3.05) is 6.54 Å². The number of likely N-dealkylation sites (N-methyl/N-ethyl adjacent to an activating group) is 1. The smallest absolute Gasteiger partial charge is 0.137 e. The molecule has 1 atom stereocenters. The van der Waals surface area contributed by atoms with E-state index in [-0.39, 0.29) is 11.9 Å². The minimum absolute atomic E-state index is 0.156. The molecule has 1 nitrogen and oxygen atoms in total. The van der Waals surface area contributed by atoms with Crippen molar-refractivity contribution in [3.05, 3.63) is 54.9 Å². The lowest BCUT2D eigenvalue weighted by Gasteiger charge is -2.17. The normalized spacial score (nSPS) is 12.7. The zero-order valence-electron chi connectivity index (χ0n) is 11.3. The number of nitrogens with one attached hydrogen (secondary N) is 1. The van der Waals surface area contributed by atoms with E-state index in [1.807, 2.05) is 19.1 Å². The van der Waals surface area contributed by atoms with E-state index in [0.717, 1.165) is 34.0 Å². The van der Waals surface area contributed by atoms with E-state index in [0.29, 0.717) is 4.47 Å². The highest BCUT2D eigenvalue weighted by Gasteiger charge is 2.18. The first kappa shape index (κ1) is 16.0. The third kappa shape index (κ3) is 3.61. The minimum atomic E-state index is -0.237. The third-order valence-electron chi connectivity index (χ3n) is 3.12. The van der Waals surface area contributed by atoms with E-state index in [1.165, 1.54) is 6.07 Å². The molecule has 108 valence electrons. The van der Waals surface area contributed by atoms with Crippen LogP contribution in [0.15, 0.2) is 28.1 Å². The Morgan fingerprint density at radius 2 is 2.20 bits per heavy atom. The van der Waals surface area contributed by atoms with E-state index in [2.05, 4.69) is 33.6 Å². The fourth-order valence-corrected chi connectivity index (χ4v) is 3.92. The number of halogens is 3. The van der Waals surface area contributed by atoms with E-state index in [9.17, 15) is 4.39 Å². The van der Waals surface area contributed by atoms with Crippen LogP contribution in [0.2, 0.25) is 5.02 Å². The fourth-order valence-electron chi connectivity index (χ4n) is 2.09. The Hall–Kier alpha value is -0.420. The van der Waals surface area contributed by atoms with Crippen molar-refractivity contribution < 1.29 is 4.39 Å². The molecule has 0 spiro atoms. The van der Waals surface area contributed by atoms with Crippen LogP contribution in [0.1, 0.15) is 29.0 Å². The van der Waals surface area contributed by atoms with Crippen LogP contribution >= 0.6 is 38.9 Å². The van der Waals surface area contributed by atoms with Gasteiger partial charge < -0.3 is 5.32 Å². The van der Waals surface area contributed by atoms with Gasteiger partial charge in [0, 0.05) is 10.9 Å². The van der Waals surface area contributed by atoms with Gasteiger partial charge in [-0.25, -0.2) is 4.39 Å². The SMILES string of the molecule is CCNC(Cc1ccc(F)c(Br)c1)c1scc(C)c1Cl. The predicted octanol–water partition coefficient (Wildman–Crippen LogP) is 5.50. The Morgan fingerprint density at radius 1 is 1.45 bits per heavy atom. The minimum Gasteiger partial charge on any atom is -0.309 e. The topological polar surface area (TPSA) is 12.0 Å². The van der Waals surface area contributed by atoms with Crippen molar-refractivity contribution in [1.82, 2.24) is 5.32 Å². The van der Waals surface area contributed by atoms with Crippen molar-refractivity contribution in [3.8, 4) is 0 Å². The van der Waals surface area contributed by atoms with E-state index in [1.54, 1.807) is 11.3 Å². The molecule has 1 aromatic carbocycles. The molecule has 20 heavy (non-hydrogen) atoms. The molecular formula is C15H16BrClFNS. The van der Waals surface area contributed by atoms with Crippen molar-refractivity contribution in [2.24, 2.45) is 0 Å². The van der Waals surface area contributed by atoms with Gasteiger partial charge in [-0.2, -0.15) is 0 Å². The molecule has 0 radical (unpaired) electrons. The number of rotatable bonds is 5. The van der Waals surface area contributed by atoms with Crippen molar-refractivity contribution >= 4 is 38.9 Å². The Kier molecular flexibility index (Phi) is 5.61. The van der Waals surface area contributed by atoms with Gasteiger partial charge >= 0.3 is 0 Å². The molecule has 2 aromatic rings. The summed E-state index contributed by atoms with van der Waals surface area (Å²) < 4.78 is 13.8. The Labute approximate surface area is 136 Å². The molecule has 1 aromatic heterocycles. The van der Waals surface area contributed by atoms with Crippen LogP contribution < -0.4 is 5.32 Å². The first-order chi connectivity index (χ1) is 9.52. The fraction of sp³-hybridized carbons (Fsp3) is 0.333. The summed E-state index contributed by atoms with van der Waals surface area (Å²) in [6, 6.07) is 5.29. The molecule has 0 fully saturated rings. The van der Waals surface area contributed by atoms with E-state index >= 15 is 0 Å². The monoisotopic (exact) mass is 375 g/mol. The van der Waals surface area contributed by atoms with Crippen LogP contribution in [-0.2, 0) is 6.42 Å². The van der Waals surface area contributed by atoms with Crippen molar-refractivity contribution in [2.45, 2.75) is 26.3 Å². The Bertz CT molecular complexity index is 600. The van der Waals surface area contributed by atoms with Gasteiger partial charge in [0.25, 0.3) is 0 Å². The summed E-state index contributed by atoms with van der Waals surface area (Å²) >= 11 is 11.3. The van der Waals surface area contributed by atoms with Gasteiger partial charge in [0.15, 0.2) is 0 Å². The average Bonchev–Trinajstić information content (AvgIpc) is 2.74. The number of thiophene rings is 1. The summed E-state index contributed by atoms with van der Waals surface area (Å²) in [5, 5.41) is 6.36. The van der Waals surface area contributed by atoms with Crippen LogP contribution in [0.5, 0.6) is 0 Å². The molecule has 5 heteroatoms. The molecule has 0 aliphatic carbocycles. The lowest BCUT2D eigenvalue weighted by atomic mass is 10.0. The van der Waals surface area contributed by atoms with Gasteiger partial charge in [0.05, 0.1) is 9.50 Å². The van der Waals surface area contributed by atoms with Gasteiger partial charge in [0.1, 0.15) is 5.82 Å². The molecule has 1 unspecified atom stereocenters. The second-order valence-electron chi connectivity index (χ2n) is 4.66. The predicted molar refractivity (Wildman–Crippen MR) is 88.3 cm³/mol. The number of aryl methyl sites for hydroxylation is 1. The summed E-state index contributed by atoms with van der Waals surface area (Å²) in [5.41, 5.74) is 2.18. The molecule has 0 saturated carbocycles. The molecule has 0 aliphatic heterocycles. The molecular weight excluding hydrogens is 361 g/mol. The summed E-state index contributed by atoms with van der Waals surface area (Å²) in [6.07, 6.45) is 0.784. The zero-order chi connectivity index (χ0) is 14.7. The maximum Gasteiger partial charge on any atom is 0.137 e. The standard InChI is InChI=1S/C15H16BrClFNS/c1-3-19-13(15-14(17)9(2)8-20-15)7-10-4-5-12(18)11(16)6-10/h4-6,8,13,19H,3,7H2,1-2H3. The van der Waals surface area contributed by atoms with Gasteiger partial charge in [-0.05, 0) is 64.5 Å². The zero-order valence-corrected chi connectivity index (χ0v) is 14.5. The summed E-state index contributed by atoms with van der Waals surface area (Å²) in [6.45, 7) is 4.95. The highest BCUT2D eigenvalue weighted by atomic mass is 79.9.